The second-order valence-electron chi connectivity index (χ2n) is 4.14. The van der Waals surface area contributed by atoms with E-state index in [0.717, 1.165) is 25.3 Å². The van der Waals surface area contributed by atoms with Gasteiger partial charge in [0.05, 0.1) is 7.11 Å². The van der Waals surface area contributed by atoms with Crippen molar-refractivity contribution in [3.63, 3.8) is 0 Å². The van der Waals surface area contributed by atoms with Gasteiger partial charge in [-0.05, 0) is 29.8 Å². The number of rotatable bonds is 5. The van der Waals surface area contributed by atoms with Gasteiger partial charge in [0.25, 0.3) is 0 Å². The predicted molar refractivity (Wildman–Crippen MR) is 79.7 cm³/mol. The smallest absolute Gasteiger partial charge is 0.123 e. The van der Waals surface area contributed by atoms with Gasteiger partial charge in [0, 0.05) is 12.1 Å². The van der Waals surface area contributed by atoms with Gasteiger partial charge in [0.15, 0.2) is 0 Å². The molecule has 0 aliphatic carbocycles. The first-order valence-corrected chi connectivity index (χ1v) is 6.12. The zero-order valence-corrected chi connectivity index (χ0v) is 11.7. The van der Waals surface area contributed by atoms with Crippen LogP contribution in [0.1, 0.15) is 18.9 Å². The molecule has 0 saturated heterocycles. The van der Waals surface area contributed by atoms with Crippen LogP contribution in [0, 0.1) is 0 Å². The van der Waals surface area contributed by atoms with Gasteiger partial charge in [-0.15, -0.1) is 12.4 Å². The molecule has 2 aromatic carbocycles. The van der Waals surface area contributed by atoms with Crippen molar-refractivity contribution in [3.05, 3.63) is 42.0 Å². The van der Waals surface area contributed by atoms with Crippen LogP contribution in [0.15, 0.2) is 36.4 Å². The molecule has 0 fully saturated rings. The molecule has 3 heteroatoms. The van der Waals surface area contributed by atoms with Crippen LogP contribution in [-0.2, 0) is 6.54 Å². The highest BCUT2D eigenvalue weighted by molar-refractivity contribution is 5.87. The van der Waals surface area contributed by atoms with E-state index in [-0.39, 0.29) is 12.4 Å². The lowest BCUT2D eigenvalue weighted by molar-refractivity contribution is 0.408. The Balaban J connectivity index is 0.00000162. The fraction of sp³-hybridized carbons (Fsp3) is 0.333. The van der Waals surface area contributed by atoms with E-state index in [4.69, 9.17) is 4.74 Å². The standard InChI is InChI=1S/C15H19NO.ClH/c1-3-10-16-11-14-13-7-5-4-6-12(13)8-9-15(14)17-2;/h4-9,16H,3,10-11H2,1-2H3;1H. The minimum Gasteiger partial charge on any atom is -0.496 e. The second kappa shape index (κ2) is 7.24. The lowest BCUT2D eigenvalue weighted by atomic mass is 10.0. The Hall–Kier alpha value is -1.25. The van der Waals surface area contributed by atoms with E-state index in [1.807, 2.05) is 6.07 Å². The number of fused-ring (bicyclic) bond motifs is 1. The number of methoxy groups -OCH3 is 1. The summed E-state index contributed by atoms with van der Waals surface area (Å²) in [5.74, 6) is 0.965. The summed E-state index contributed by atoms with van der Waals surface area (Å²) in [6.45, 7) is 4.07. The summed E-state index contributed by atoms with van der Waals surface area (Å²) >= 11 is 0. The van der Waals surface area contributed by atoms with Gasteiger partial charge < -0.3 is 10.1 Å². The van der Waals surface area contributed by atoms with Crippen LogP contribution in [-0.4, -0.2) is 13.7 Å². The second-order valence-corrected chi connectivity index (χ2v) is 4.14. The number of halogens is 1. The molecule has 0 unspecified atom stereocenters. The summed E-state index contributed by atoms with van der Waals surface area (Å²) in [5.41, 5.74) is 1.25. The normalized spacial score (nSPS) is 10.1. The first-order valence-electron chi connectivity index (χ1n) is 6.12. The summed E-state index contributed by atoms with van der Waals surface area (Å²) in [7, 11) is 1.73. The molecule has 0 atom stereocenters. The summed E-state index contributed by atoms with van der Waals surface area (Å²) in [6.07, 6.45) is 1.15. The fourth-order valence-corrected chi connectivity index (χ4v) is 2.08. The molecule has 0 heterocycles. The maximum Gasteiger partial charge on any atom is 0.123 e. The molecule has 0 bridgehead atoms. The lowest BCUT2D eigenvalue weighted by Gasteiger charge is -2.12. The van der Waals surface area contributed by atoms with Crippen LogP contribution < -0.4 is 10.1 Å². The molecule has 2 nitrogen and oxygen atoms in total. The van der Waals surface area contributed by atoms with Crippen LogP contribution in [0.5, 0.6) is 5.75 Å². The Kier molecular flexibility index (Phi) is 5.96. The molecule has 0 saturated carbocycles. The van der Waals surface area contributed by atoms with Crippen molar-refractivity contribution in [1.82, 2.24) is 5.32 Å². The molecule has 0 aromatic heterocycles. The van der Waals surface area contributed by atoms with Crippen LogP contribution in [0.3, 0.4) is 0 Å². The van der Waals surface area contributed by atoms with Crippen LogP contribution in [0.2, 0.25) is 0 Å². The molecule has 98 valence electrons. The van der Waals surface area contributed by atoms with E-state index in [1.165, 1.54) is 16.3 Å². The van der Waals surface area contributed by atoms with Crippen molar-refractivity contribution in [3.8, 4) is 5.75 Å². The quantitative estimate of drug-likeness (QED) is 0.831. The third kappa shape index (κ3) is 3.15. The van der Waals surface area contributed by atoms with E-state index < -0.39 is 0 Å². The highest BCUT2D eigenvalue weighted by Crippen LogP contribution is 2.27. The topological polar surface area (TPSA) is 21.3 Å². The Bertz CT molecular complexity index is 499. The van der Waals surface area contributed by atoms with E-state index in [9.17, 15) is 0 Å². The van der Waals surface area contributed by atoms with Crippen molar-refractivity contribution >= 4 is 23.2 Å². The molecular weight excluding hydrogens is 246 g/mol. The molecule has 0 aliphatic rings. The van der Waals surface area contributed by atoms with E-state index in [2.05, 4.69) is 42.6 Å². The summed E-state index contributed by atoms with van der Waals surface area (Å²) < 4.78 is 5.44. The highest BCUT2D eigenvalue weighted by Gasteiger charge is 2.06. The number of benzene rings is 2. The van der Waals surface area contributed by atoms with Gasteiger partial charge in [-0.2, -0.15) is 0 Å². The SMILES string of the molecule is CCCNCc1c(OC)ccc2ccccc12.Cl. The van der Waals surface area contributed by atoms with Gasteiger partial charge in [0.2, 0.25) is 0 Å². The van der Waals surface area contributed by atoms with Crippen molar-refractivity contribution in [2.75, 3.05) is 13.7 Å². The molecule has 0 spiro atoms. The predicted octanol–water partition coefficient (Wildman–Crippen LogP) is 3.77. The van der Waals surface area contributed by atoms with Crippen molar-refractivity contribution < 1.29 is 4.74 Å². The lowest BCUT2D eigenvalue weighted by Crippen LogP contribution is -2.14. The first-order chi connectivity index (χ1) is 8.36. The van der Waals surface area contributed by atoms with E-state index in [0.29, 0.717) is 0 Å². The van der Waals surface area contributed by atoms with Gasteiger partial charge in [-0.25, -0.2) is 0 Å². The molecule has 18 heavy (non-hydrogen) atoms. The van der Waals surface area contributed by atoms with Crippen molar-refractivity contribution in [1.29, 1.82) is 0 Å². The van der Waals surface area contributed by atoms with Gasteiger partial charge in [0.1, 0.15) is 5.75 Å². The largest absolute Gasteiger partial charge is 0.496 e. The number of hydrogen-bond donors (Lipinski definition) is 1. The molecular formula is C15H20ClNO. The number of ether oxygens (including phenoxy) is 1. The number of hydrogen-bond acceptors (Lipinski definition) is 2. The molecule has 0 amide bonds. The maximum absolute atomic E-state index is 5.44. The average Bonchev–Trinajstić information content (AvgIpc) is 2.39. The van der Waals surface area contributed by atoms with Crippen LogP contribution >= 0.6 is 12.4 Å². The minimum absolute atomic E-state index is 0. The Morgan fingerprint density at radius 2 is 1.89 bits per heavy atom. The average molecular weight is 266 g/mol. The first kappa shape index (κ1) is 14.8. The third-order valence-electron chi connectivity index (χ3n) is 2.95. The Morgan fingerprint density at radius 1 is 1.11 bits per heavy atom. The third-order valence-corrected chi connectivity index (χ3v) is 2.95. The summed E-state index contributed by atoms with van der Waals surface area (Å²) in [5, 5.41) is 5.98. The number of nitrogens with one attached hydrogen (secondary N) is 1. The van der Waals surface area contributed by atoms with Crippen molar-refractivity contribution in [2.24, 2.45) is 0 Å². The minimum atomic E-state index is 0. The van der Waals surface area contributed by atoms with Crippen LogP contribution in [0.4, 0.5) is 0 Å². The molecule has 0 aliphatic heterocycles. The molecule has 1 N–H and O–H groups in total. The Morgan fingerprint density at radius 3 is 2.61 bits per heavy atom. The van der Waals surface area contributed by atoms with E-state index >= 15 is 0 Å². The fourth-order valence-electron chi connectivity index (χ4n) is 2.08. The molecule has 0 radical (unpaired) electrons. The summed E-state index contributed by atoms with van der Waals surface area (Å²) in [4.78, 5) is 0. The molecule has 2 rings (SSSR count). The van der Waals surface area contributed by atoms with E-state index in [1.54, 1.807) is 7.11 Å². The van der Waals surface area contributed by atoms with Crippen molar-refractivity contribution in [2.45, 2.75) is 19.9 Å². The zero-order valence-electron chi connectivity index (χ0n) is 10.9. The van der Waals surface area contributed by atoms with Gasteiger partial charge in [-0.3, -0.25) is 0 Å². The highest BCUT2D eigenvalue weighted by atomic mass is 35.5. The van der Waals surface area contributed by atoms with Gasteiger partial charge in [-0.1, -0.05) is 37.3 Å². The van der Waals surface area contributed by atoms with Gasteiger partial charge >= 0.3 is 0 Å². The summed E-state index contributed by atoms with van der Waals surface area (Å²) in [6, 6.07) is 12.6. The maximum atomic E-state index is 5.44. The Labute approximate surface area is 115 Å². The molecule has 2 aromatic rings. The zero-order chi connectivity index (χ0) is 12.1. The van der Waals surface area contributed by atoms with Crippen LogP contribution in [0.25, 0.3) is 10.8 Å². The monoisotopic (exact) mass is 265 g/mol.